The second kappa shape index (κ2) is 5.20. The lowest BCUT2D eigenvalue weighted by atomic mass is 10.1. The first-order valence-corrected chi connectivity index (χ1v) is 7.67. The number of amides is 1. The Kier molecular flexibility index (Phi) is 3.16. The summed E-state index contributed by atoms with van der Waals surface area (Å²) in [6.07, 6.45) is 1.54. The van der Waals surface area contributed by atoms with E-state index >= 15 is 0 Å². The van der Waals surface area contributed by atoms with Crippen LogP contribution in [0.3, 0.4) is 0 Å². The zero-order valence-corrected chi connectivity index (χ0v) is 12.7. The van der Waals surface area contributed by atoms with Crippen LogP contribution in [-0.2, 0) is 0 Å². The van der Waals surface area contributed by atoms with Crippen molar-refractivity contribution in [1.29, 1.82) is 0 Å². The quantitative estimate of drug-likeness (QED) is 0.690. The molecule has 0 aliphatic carbocycles. The predicted molar refractivity (Wildman–Crippen MR) is 86.7 cm³/mol. The van der Waals surface area contributed by atoms with Crippen molar-refractivity contribution in [2.75, 3.05) is 19.6 Å². The molecule has 1 amide bonds. The Hall–Kier alpha value is -2.67. The number of aromatic amines is 1. The summed E-state index contributed by atoms with van der Waals surface area (Å²) in [5, 5.41) is 8.13. The van der Waals surface area contributed by atoms with Gasteiger partial charge in [-0.1, -0.05) is 12.1 Å². The summed E-state index contributed by atoms with van der Waals surface area (Å²) in [6, 6.07) is 7.34. The third-order valence-corrected chi connectivity index (χ3v) is 4.37. The minimum absolute atomic E-state index is 0.0973. The van der Waals surface area contributed by atoms with Gasteiger partial charge in [-0.15, -0.1) is 0 Å². The number of carbonyl (C=O) groups excluding carboxylic acids is 1. The van der Waals surface area contributed by atoms with Gasteiger partial charge in [0.1, 0.15) is 11.2 Å². The zero-order chi connectivity index (χ0) is 16.0. The SMILES string of the molecule is C[C@@H]1CNCCN1C(=O)c1cnn2c1[nH]c(=O)c1ccccc12. The van der Waals surface area contributed by atoms with Crippen LogP contribution in [0.4, 0.5) is 0 Å². The van der Waals surface area contributed by atoms with Gasteiger partial charge in [-0.05, 0) is 19.1 Å². The summed E-state index contributed by atoms with van der Waals surface area (Å²) in [7, 11) is 0. The summed E-state index contributed by atoms with van der Waals surface area (Å²) >= 11 is 0. The fraction of sp³-hybridized carbons (Fsp3) is 0.312. The number of nitrogens with zero attached hydrogens (tertiary/aromatic N) is 3. The summed E-state index contributed by atoms with van der Waals surface area (Å²) in [5.74, 6) is -0.0973. The number of hydrogen-bond donors (Lipinski definition) is 2. The molecule has 0 radical (unpaired) electrons. The van der Waals surface area contributed by atoms with Crippen molar-refractivity contribution in [3.05, 3.63) is 46.4 Å². The molecule has 4 rings (SSSR count). The predicted octanol–water partition coefficient (Wildman–Crippen LogP) is 0.610. The summed E-state index contributed by atoms with van der Waals surface area (Å²) in [6.45, 7) is 4.20. The first kappa shape index (κ1) is 14.0. The molecule has 7 nitrogen and oxygen atoms in total. The maximum absolute atomic E-state index is 12.9. The Labute approximate surface area is 131 Å². The number of hydrogen-bond acceptors (Lipinski definition) is 4. The lowest BCUT2D eigenvalue weighted by molar-refractivity contribution is 0.0657. The number of rotatable bonds is 1. The Balaban J connectivity index is 1.88. The van der Waals surface area contributed by atoms with E-state index in [1.165, 1.54) is 6.20 Å². The number of fused-ring (bicyclic) bond motifs is 3. The second-order valence-corrected chi connectivity index (χ2v) is 5.84. The molecule has 1 aliphatic rings. The van der Waals surface area contributed by atoms with Crippen molar-refractivity contribution in [2.45, 2.75) is 13.0 Å². The molecule has 23 heavy (non-hydrogen) atoms. The smallest absolute Gasteiger partial charge is 0.259 e. The standard InChI is InChI=1S/C16H17N5O2/c1-10-8-17-6-7-20(10)16(23)12-9-18-21-13-5-3-2-4-11(13)15(22)19-14(12)21/h2-5,9-10,17H,6-8H2,1H3,(H,19,22)/t10-/m1/s1. The molecule has 7 heteroatoms. The first-order chi connectivity index (χ1) is 11.2. The van der Waals surface area contributed by atoms with Crippen LogP contribution in [0.1, 0.15) is 17.3 Å². The Morgan fingerprint density at radius 1 is 1.35 bits per heavy atom. The molecule has 1 atom stereocenters. The molecule has 2 N–H and O–H groups in total. The topological polar surface area (TPSA) is 82.5 Å². The maximum atomic E-state index is 12.9. The highest BCUT2D eigenvalue weighted by Gasteiger charge is 2.27. The van der Waals surface area contributed by atoms with Gasteiger partial charge in [0.25, 0.3) is 11.5 Å². The molecular formula is C16H17N5O2. The first-order valence-electron chi connectivity index (χ1n) is 7.67. The largest absolute Gasteiger partial charge is 0.333 e. The molecule has 2 aromatic heterocycles. The highest BCUT2D eigenvalue weighted by atomic mass is 16.2. The monoisotopic (exact) mass is 311 g/mol. The van der Waals surface area contributed by atoms with Crippen LogP contribution in [0, 0.1) is 0 Å². The molecule has 0 unspecified atom stereocenters. The number of piperazine rings is 1. The maximum Gasteiger partial charge on any atom is 0.259 e. The van der Waals surface area contributed by atoms with Gasteiger partial charge in [0.05, 0.1) is 17.1 Å². The number of nitrogens with one attached hydrogen (secondary N) is 2. The van der Waals surface area contributed by atoms with Gasteiger partial charge in [0.15, 0.2) is 0 Å². The van der Waals surface area contributed by atoms with Crippen LogP contribution in [0.25, 0.3) is 16.6 Å². The van der Waals surface area contributed by atoms with E-state index in [-0.39, 0.29) is 17.5 Å². The van der Waals surface area contributed by atoms with E-state index in [1.54, 1.807) is 16.6 Å². The Morgan fingerprint density at radius 2 is 2.17 bits per heavy atom. The fourth-order valence-corrected chi connectivity index (χ4v) is 3.13. The van der Waals surface area contributed by atoms with Gasteiger partial charge >= 0.3 is 0 Å². The van der Waals surface area contributed by atoms with E-state index in [0.29, 0.717) is 28.7 Å². The van der Waals surface area contributed by atoms with E-state index in [4.69, 9.17) is 0 Å². The van der Waals surface area contributed by atoms with E-state index in [2.05, 4.69) is 15.4 Å². The zero-order valence-electron chi connectivity index (χ0n) is 12.7. The molecule has 1 aliphatic heterocycles. The van der Waals surface area contributed by atoms with Crippen LogP contribution >= 0.6 is 0 Å². The Bertz CT molecular complexity index is 958. The van der Waals surface area contributed by atoms with Gasteiger partial charge in [-0.3, -0.25) is 9.59 Å². The fourth-order valence-electron chi connectivity index (χ4n) is 3.13. The number of carbonyl (C=O) groups is 1. The summed E-state index contributed by atoms with van der Waals surface area (Å²) in [5.41, 5.74) is 1.36. The van der Waals surface area contributed by atoms with E-state index in [9.17, 15) is 9.59 Å². The number of para-hydroxylation sites is 1. The lowest BCUT2D eigenvalue weighted by Crippen LogP contribution is -2.52. The summed E-state index contributed by atoms with van der Waals surface area (Å²) in [4.78, 5) is 29.7. The van der Waals surface area contributed by atoms with Crippen molar-refractivity contribution >= 4 is 22.5 Å². The van der Waals surface area contributed by atoms with Crippen molar-refractivity contribution in [3.63, 3.8) is 0 Å². The van der Waals surface area contributed by atoms with Gasteiger partial charge in [0.2, 0.25) is 0 Å². The van der Waals surface area contributed by atoms with Gasteiger partial charge in [-0.25, -0.2) is 4.52 Å². The minimum atomic E-state index is -0.212. The van der Waals surface area contributed by atoms with Crippen LogP contribution in [-0.4, -0.2) is 51.1 Å². The van der Waals surface area contributed by atoms with Crippen molar-refractivity contribution in [1.82, 2.24) is 24.8 Å². The van der Waals surface area contributed by atoms with Crippen LogP contribution in [0.15, 0.2) is 35.3 Å². The molecular weight excluding hydrogens is 294 g/mol. The van der Waals surface area contributed by atoms with Crippen molar-refractivity contribution in [3.8, 4) is 0 Å². The van der Waals surface area contributed by atoms with Gasteiger partial charge < -0.3 is 15.2 Å². The van der Waals surface area contributed by atoms with E-state index in [0.717, 1.165) is 13.1 Å². The van der Waals surface area contributed by atoms with E-state index < -0.39 is 0 Å². The molecule has 0 spiro atoms. The normalized spacial score (nSPS) is 18.7. The number of H-pyrrole nitrogens is 1. The molecule has 118 valence electrons. The average molecular weight is 311 g/mol. The molecule has 1 fully saturated rings. The highest BCUT2D eigenvalue weighted by molar-refractivity contribution is 6.00. The van der Waals surface area contributed by atoms with Crippen LogP contribution in [0.2, 0.25) is 0 Å². The molecule has 3 heterocycles. The molecule has 0 saturated carbocycles. The molecule has 0 bridgehead atoms. The highest BCUT2D eigenvalue weighted by Crippen LogP contribution is 2.17. The molecule has 1 aromatic carbocycles. The van der Waals surface area contributed by atoms with Crippen LogP contribution < -0.4 is 10.9 Å². The third-order valence-electron chi connectivity index (χ3n) is 4.37. The number of benzene rings is 1. The van der Waals surface area contributed by atoms with Gasteiger partial charge in [-0.2, -0.15) is 5.10 Å². The second-order valence-electron chi connectivity index (χ2n) is 5.84. The lowest BCUT2D eigenvalue weighted by Gasteiger charge is -2.33. The molecule has 3 aromatic rings. The third kappa shape index (κ3) is 2.12. The van der Waals surface area contributed by atoms with Crippen LogP contribution in [0.5, 0.6) is 0 Å². The number of aromatic nitrogens is 3. The summed E-state index contributed by atoms with van der Waals surface area (Å²) < 4.78 is 1.62. The Morgan fingerprint density at radius 3 is 3.00 bits per heavy atom. The molecule has 1 saturated heterocycles. The average Bonchev–Trinajstić information content (AvgIpc) is 2.99. The van der Waals surface area contributed by atoms with Crippen molar-refractivity contribution in [2.24, 2.45) is 0 Å². The van der Waals surface area contributed by atoms with E-state index in [1.807, 2.05) is 24.0 Å². The minimum Gasteiger partial charge on any atom is -0.333 e. The van der Waals surface area contributed by atoms with Crippen molar-refractivity contribution < 1.29 is 4.79 Å². The van der Waals surface area contributed by atoms with Gasteiger partial charge in [0, 0.05) is 25.7 Å².